The summed E-state index contributed by atoms with van der Waals surface area (Å²) in [4.78, 5) is 4.58. The number of nitrogens with zero attached hydrogens (tertiary/aromatic N) is 2. The van der Waals surface area contributed by atoms with E-state index in [0.717, 1.165) is 38.4 Å². The Balaban J connectivity index is 2.54. The van der Waals surface area contributed by atoms with Gasteiger partial charge in [-0.15, -0.1) is 0 Å². The summed E-state index contributed by atoms with van der Waals surface area (Å²) >= 11 is 0. The van der Waals surface area contributed by atoms with Crippen LogP contribution in [0.5, 0.6) is 5.75 Å². The van der Waals surface area contributed by atoms with Gasteiger partial charge in [0, 0.05) is 25.7 Å². The molecule has 4 heteroatoms. The summed E-state index contributed by atoms with van der Waals surface area (Å²) in [5.74, 6) is 0.955. The van der Waals surface area contributed by atoms with E-state index in [1.165, 1.54) is 5.56 Å². The molecular weight excluding hydrogens is 262 g/mol. The summed E-state index contributed by atoms with van der Waals surface area (Å²) < 4.78 is 5.63. The van der Waals surface area contributed by atoms with Crippen LogP contribution in [0, 0.1) is 0 Å². The molecule has 0 aliphatic rings. The number of ether oxygens (including phenoxy) is 1. The van der Waals surface area contributed by atoms with E-state index in [9.17, 15) is 0 Å². The van der Waals surface area contributed by atoms with Crippen LogP contribution in [0.3, 0.4) is 0 Å². The lowest BCUT2D eigenvalue weighted by Crippen LogP contribution is -2.35. The van der Waals surface area contributed by atoms with Crippen molar-refractivity contribution in [1.82, 2.24) is 15.1 Å². The average molecular weight is 293 g/mol. The van der Waals surface area contributed by atoms with Gasteiger partial charge < -0.3 is 19.9 Å². The van der Waals surface area contributed by atoms with E-state index < -0.39 is 0 Å². The number of rotatable bonds is 10. The number of hydrogen-bond donors (Lipinski definition) is 1. The lowest BCUT2D eigenvalue weighted by Gasteiger charge is -2.25. The van der Waals surface area contributed by atoms with Crippen LogP contribution in [0.15, 0.2) is 24.3 Å². The van der Waals surface area contributed by atoms with Crippen molar-refractivity contribution in [3.8, 4) is 5.75 Å². The normalized spacial score (nSPS) is 12.9. The Kier molecular flexibility index (Phi) is 8.35. The standard InChI is InChI=1S/C17H31N3O/c1-6-13-21-16-9-7-15(8-10-16)17(18-2)14-20(5)12-11-19(3)4/h7-10,17-18H,6,11-14H2,1-5H3. The lowest BCUT2D eigenvalue weighted by molar-refractivity contribution is 0.260. The minimum Gasteiger partial charge on any atom is -0.494 e. The van der Waals surface area contributed by atoms with E-state index in [2.05, 4.69) is 67.4 Å². The molecule has 0 aromatic heterocycles. The largest absolute Gasteiger partial charge is 0.494 e. The van der Waals surface area contributed by atoms with Gasteiger partial charge in [-0.3, -0.25) is 0 Å². The van der Waals surface area contributed by atoms with Crippen LogP contribution in [0.2, 0.25) is 0 Å². The molecule has 4 nitrogen and oxygen atoms in total. The van der Waals surface area contributed by atoms with Crippen molar-refractivity contribution in [2.75, 3.05) is 54.4 Å². The van der Waals surface area contributed by atoms with E-state index in [1.54, 1.807) is 0 Å². The minimum atomic E-state index is 0.345. The zero-order chi connectivity index (χ0) is 15.7. The summed E-state index contributed by atoms with van der Waals surface area (Å²) in [5, 5.41) is 3.40. The number of hydrogen-bond acceptors (Lipinski definition) is 4. The maximum atomic E-state index is 5.63. The molecule has 0 radical (unpaired) electrons. The molecule has 1 rings (SSSR count). The summed E-state index contributed by atoms with van der Waals surface area (Å²) in [7, 11) is 8.41. The molecule has 1 aromatic rings. The summed E-state index contributed by atoms with van der Waals surface area (Å²) in [5.41, 5.74) is 1.30. The molecule has 0 saturated heterocycles. The Labute approximate surface area is 130 Å². The molecular formula is C17H31N3O. The highest BCUT2D eigenvalue weighted by atomic mass is 16.5. The molecule has 0 aliphatic carbocycles. The Morgan fingerprint density at radius 1 is 1.10 bits per heavy atom. The lowest BCUT2D eigenvalue weighted by atomic mass is 10.1. The van der Waals surface area contributed by atoms with Crippen molar-refractivity contribution in [3.05, 3.63) is 29.8 Å². The van der Waals surface area contributed by atoms with E-state index in [4.69, 9.17) is 4.74 Å². The topological polar surface area (TPSA) is 27.7 Å². The summed E-state index contributed by atoms with van der Waals surface area (Å²) in [6, 6.07) is 8.79. The summed E-state index contributed by atoms with van der Waals surface area (Å²) in [6.45, 7) is 6.05. The van der Waals surface area contributed by atoms with Crippen LogP contribution in [-0.2, 0) is 0 Å². The van der Waals surface area contributed by atoms with Crippen molar-refractivity contribution in [2.45, 2.75) is 19.4 Å². The Hall–Kier alpha value is -1.10. The van der Waals surface area contributed by atoms with E-state index in [-0.39, 0.29) is 0 Å². The molecule has 1 atom stereocenters. The zero-order valence-electron chi connectivity index (χ0n) is 14.2. The Morgan fingerprint density at radius 3 is 2.29 bits per heavy atom. The second-order valence-electron chi connectivity index (χ2n) is 5.82. The van der Waals surface area contributed by atoms with Gasteiger partial charge in [0.1, 0.15) is 5.75 Å². The minimum absolute atomic E-state index is 0.345. The van der Waals surface area contributed by atoms with Gasteiger partial charge in [-0.1, -0.05) is 19.1 Å². The third-order valence-electron chi connectivity index (χ3n) is 3.53. The molecule has 0 fully saturated rings. The molecule has 1 N–H and O–H groups in total. The maximum absolute atomic E-state index is 5.63. The third-order valence-corrected chi connectivity index (χ3v) is 3.53. The average Bonchev–Trinajstić information content (AvgIpc) is 2.49. The first kappa shape index (κ1) is 18.0. The molecule has 0 bridgehead atoms. The molecule has 0 saturated carbocycles. The predicted octanol–water partition coefficient (Wildman–Crippen LogP) is 2.23. The van der Waals surface area contributed by atoms with E-state index in [0.29, 0.717) is 6.04 Å². The highest BCUT2D eigenvalue weighted by Crippen LogP contribution is 2.18. The molecule has 1 unspecified atom stereocenters. The highest BCUT2D eigenvalue weighted by molar-refractivity contribution is 5.29. The van der Waals surface area contributed by atoms with Crippen molar-refractivity contribution in [3.63, 3.8) is 0 Å². The van der Waals surface area contributed by atoms with Gasteiger partial charge in [-0.05, 0) is 52.3 Å². The first-order chi connectivity index (χ1) is 10.1. The molecule has 0 spiro atoms. The van der Waals surface area contributed by atoms with Gasteiger partial charge in [0.05, 0.1) is 6.61 Å². The van der Waals surface area contributed by atoms with Crippen LogP contribution in [0.25, 0.3) is 0 Å². The van der Waals surface area contributed by atoms with Crippen LogP contribution in [0.1, 0.15) is 24.9 Å². The van der Waals surface area contributed by atoms with Crippen molar-refractivity contribution >= 4 is 0 Å². The van der Waals surface area contributed by atoms with Crippen molar-refractivity contribution in [1.29, 1.82) is 0 Å². The third kappa shape index (κ3) is 6.93. The summed E-state index contributed by atoms with van der Waals surface area (Å²) in [6.07, 6.45) is 1.04. The molecule has 21 heavy (non-hydrogen) atoms. The van der Waals surface area contributed by atoms with Gasteiger partial charge in [0.25, 0.3) is 0 Å². The second-order valence-corrected chi connectivity index (χ2v) is 5.82. The van der Waals surface area contributed by atoms with Crippen molar-refractivity contribution in [2.24, 2.45) is 0 Å². The van der Waals surface area contributed by atoms with E-state index >= 15 is 0 Å². The molecule has 0 heterocycles. The Morgan fingerprint density at radius 2 is 1.76 bits per heavy atom. The molecule has 1 aromatic carbocycles. The van der Waals surface area contributed by atoms with Gasteiger partial charge in [0.2, 0.25) is 0 Å². The van der Waals surface area contributed by atoms with Gasteiger partial charge in [-0.25, -0.2) is 0 Å². The zero-order valence-corrected chi connectivity index (χ0v) is 14.2. The quantitative estimate of drug-likeness (QED) is 0.716. The Bertz CT molecular complexity index is 378. The fraction of sp³-hybridized carbons (Fsp3) is 0.647. The van der Waals surface area contributed by atoms with Crippen LogP contribution >= 0.6 is 0 Å². The van der Waals surface area contributed by atoms with Crippen LogP contribution in [-0.4, -0.2) is 64.2 Å². The van der Waals surface area contributed by atoms with Crippen molar-refractivity contribution < 1.29 is 4.74 Å². The van der Waals surface area contributed by atoms with Crippen LogP contribution < -0.4 is 10.1 Å². The number of benzene rings is 1. The van der Waals surface area contributed by atoms with E-state index in [1.807, 2.05) is 7.05 Å². The highest BCUT2D eigenvalue weighted by Gasteiger charge is 2.12. The predicted molar refractivity (Wildman–Crippen MR) is 90.1 cm³/mol. The second kappa shape index (κ2) is 9.77. The fourth-order valence-corrected chi connectivity index (χ4v) is 2.15. The number of nitrogens with one attached hydrogen (secondary N) is 1. The van der Waals surface area contributed by atoms with Gasteiger partial charge in [0.15, 0.2) is 0 Å². The molecule has 0 aliphatic heterocycles. The van der Waals surface area contributed by atoms with Crippen LogP contribution in [0.4, 0.5) is 0 Å². The molecule has 120 valence electrons. The first-order valence-electron chi connectivity index (χ1n) is 7.80. The SMILES string of the molecule is CCCOc1ccc(C(CN(C)CCN(C)C)NC)cc1. The maximum Gasteiger partial charge on any atom is 0.119 e. The van der Waals surface area contributed by atoms with Gasteiger partial charge >= 0.3 is 0 Å². The smallest absolute Gasteiger partial charge is 0.119 e. The number of likely N-dealkylation sites (N-methyl/N-ethyl adjacent to an activating group) is 3. The monoisotopic (exact) mass is 293 g/mol. The first-order valence-corrected chi connectivity index (χ1v) is 7.80. The van der Waals surface area contributed by atoms with Gasteiger partial charge in [-0.2, -0.15) is 0 Å². The molecule has 0 amide bonds. The fourth-order valence-electron chi connectivity index (χ4n) is 2.15.